The lowest BCUT2D eigenvalue weighted by molar-refractivity contribution is -0.115. The second-order valence-electron chi connectivity index (χ2n) is 7.14. The summed E-state index contributed by atoms with van der Waals surface area (Å²) in [6, 6.07) is 12.7. The van der Waals surface area contributed by atoms with Gasteiger partial charge in [0.15, 0.2) is 16.7 Å². The molecule has 1 unspecified atom stereocenters. The number of thioether (sulfide) groups is 1. The lowest BCUT2D eigenvalue weighted by Crippen LogP contribution is -2.26. The zero-order valence-corrected chi connectivity index (χ0v) is 17.9. The molecule has 1 heterocycles. The minimum atomic E-state index is -0.448. The van der Waals surface area contributed by atoms with Crippen LogP contribution in [0.1, 0.15) is 25.8 Å². The Kier molecular flexibility index (Phi) is 5.67. The maximum absolute atomic E-state index is 13.0. The minimum absolute atomic E-state index is 0.0434. The molecule has 3 aromatic rings. The molecule has 7 nitrogen and oxygen atoms in total. The number of anilines is 1. The van der Waals surface area contributed by atoms with Crippen molar-refractivity contribution in [3.8, 4) is 11.5 Å². The van der Waals surface area contributed by atoms with Gasteiger partial charge >= 0.3 is 0 Å². The number of fused-ring (bicyclic) bond motifs is 1. The summed E-state index contributed by atoms with van der Waals surface area (Å²) in [6.45, 7) is 1.80. The van der Waals surface area contributed by atoms with Crippen LogP contribution >= 0.6 is 11.8 Å². The van der Waals surface area contributed by atoms with Gasteiger partial charge in [0.1, 0.15) is 0 Å². The van der Waals surface area contributed by atoms with Crippen LogP contribution in [0, 0.1) is 0 Å². The van der Waals surface area contributed by atoms with E-state index < -0.39 is 5.25 Å². The SMILES string of the molecule is COc1ccc(NC(=O)C(C)Sc2nc3ccccc3c(=O)n2C2CC2)cc1OC. The Labute approximate surface area is 178 Å². The molecule has 1 saturated carbocycles. The molecule has 0 radical (unpaired) electrons. The van der Waals surface area contributed by atoms with Gasteiger partial charge in [-0.3, -0.25) is 14.2 Å². The normalized spacial score (nSPS) is 14.4. The first-order valence-corrected chi connectivity index (χ1v) is 10.6. The van der Waals surface area contributed by atoms with E-state index in [1.807, 2.05) is 18.2 Å². The van der Waals surface area contributed by atoms with E-state index in [0.29, 0.717) is 33.2 Å². The molecule has 30 heavy (non-hydrogen) atoms. The van der Waals surface area contributed by atoms with Crippen molar-refractivity contribution in [3.05, 3.63) is 52.8 Å². The monoisotopic (exact) mass is 425 g/mol. The number of carbonyl (C=O) groups is 1. The van der Waals surface area contributed by atoms with Gasteiger partial charge in [0.05, 0.1) is 30.4 Å². The van der Waals surface area contributed by atoms with Crippen LogP contribution in [0.4, 0.5) is 5.69 Å². The molecule has 4 rings (SSSR count). The summed E-state index contributed by atoms with van der Waals surface area (Å²) in [6.07, 6.45) is 1.92. The Morgan fingerprint density at radius 1 is 1.17 bits per heavy atom. The highest BCUT2D eigenvalue weighted by atomic mass is 32.2. The van der Waals surface area contributed by atoms with Crippen molar-refractivity contribution < 1.29 is 14.3 Å². The molecule has 1 atom stereocenters. The Bertz CT molecular complexity index is 1160. The summed E-state index contributed by atoms with van der Waals surface area (Å²) in [7, 11) is 3.11. The van der Waals surface area contributed by atoms with Crippen LogP contribution in [0.2, 0.25) is 0 Å². The maximum atomic E-state index is 13.0. The number of hydrogen-bond donors (Lipinski definition) is 1. The minimum Gasteiger partial charge on any atom is -0.493 e. The number of hydrogen-bond acceptors (Lipinski definition) is 6. The van der Waals surface area contributed by atoms with Crippen molar-refractivity contribution in [2.24, 2.45) is 0 Å². The van der Waals surface area contributed by atoms with Gasteiger partial charge in [-0.05, 0) is 44.0 Å². The van der Waals surface area contributed by atoms with E-state index in [2.05, 4.69) is 10.3 Å². The molecule has 1 fully saturated rings. The summed E-state index contributed by atoms with van der Waals surface area (Å²) in [5.74, 6) is 0.943. The average Bonchev–Trinajstić information content (AvgIpc) is 3.58. The molecule has 0 spiro atoms. The van der Waals surface area contributed by atoms with Crippen LogP contribution in [-0.4, -0.2) is 34.9 Å². The van der Waals surface area contributed by atoms with Crippen LogP contribution in [0.25, 0.3) is 10.9 Å². The third-order valence-corrected chi connectivity index (χ3v) is 6.06. The highest BCUT2D eigenvalue weighted by molar-refractivity contribution is 8.00. The van der Waals surface area contributed by atoms with E-state index in [4.69, 9.17) is 9.47 Å². The standard InChI is InChI=1S/C22H23N3O4S/c1-13(20(26)23-14-8-11-18(28-2)19(12-14)29-3)30-22-24-17-7-5-4-6-16(17)21(27)25(22)15-9-10-15/h4-8,11-13,15H,9-10H2,1-3H3,(H,23,26). The lowest BCUT2D eigenvalue weighted by atomic mass is 10.2. The largest absolute Gasteiger partial charge is 0.493 e. The topological polar surface area (TPSA) is 82.5 Å². The van der Waals surface area contributed by atoms with E-state index >= 15 is 0 Å². The van der Waals surface area contributed by atoms with Crippen LogP contribution in [-0.2, 0) is 4.79 Å². The van der Waals surface area contributed by atoms with Gasteiger partial charge in [-0.15, -0.1) is 0 Å². The molecular formula is C22H23N3O4S. The maximum Gasteiger partial charge on any atom is 0.262 e. The Morgan fingerprint density at radius 2 is 1.90 bits per heavy atom. The van der Waals surface area contributed by atoms with Crippen molar-refractivity contribution in [2.75, 3.05) is 19.5 Å². The number of ether oxygens (including phenoxy) is 2. The molecule has 1 aliphatic rings. The van der Waals surface area contributed by atoms with Gasteiger partial charge in [-0.2, -0.15) is 0 Å². The molecule has 156 valence electrons. The number of rotatable bonds is 7. The van der Waals surface area contributed by atoms with Gasteiger partial charge in [-0.1, -0.05) is 23.9 Å². The quantitative estimate of drug-likeness (QED) is 0.457. The van der Waals surface area contributed by atoms with E-state index in [1.54, 1.807) is 50.0 Å². The molecule has 1 N–H and O–H groups in total. The van der Waals surface area contributed by atoms with Gasteiger partial charge in [0.25, 0.3) is 5.56 Å². The van der Waals surface area contributed by atoms with Gasteiger partial charge < -0.3 is 14.8 Å². The van der Waals surface area contributed by atoms with Crippen molar-refractivity contribution in [1.29, 1.82) is 0 Å². The zero-order chi connectivity index (χ0) is 21.3. The predicted octanol–water partition coefficient (Wildman–Crippen LogP) is 3.87. The van der Waals surface area contributed by atoms with Gasteiger partial charge in [-0.25, -0.2) is 4.98 Å². The number of carbonyl (C=O) groups excluding carboxylic acids is 1. The number of nitrogens with one attached hydrogen (secondary N) is 1. The number of aromatic nitrogens is 2. The van der Waals surface area contributed by atoms with Gasteiger partial charge in [0.2, 0.25) is 5.91 Å². The van der Waals surface area contributed by atoms with E-state index in [9.17, 15) is 9.59 Å². The molecule has 0 aliphatic heterocycles. The Hall–Kier alpha value is -3.00. The number of para-hydroxylation sites is 1. The van der Waals surface area contributed by atoms with Crippen molar-refractivity contribution in [3.63, 3.8) is 0 Å². The fraction of sp³-hybridized carbons (Fsp3) is 0.318. The third-order valence-electron chi connectivity index (χ3n) is 4.99. The smallest absolute Gasteiger partial charge is 0.262 e. The Balaban J connectivity index is 1.57. The van der Waals surface area contributed by atoms with Crippen molar-refractivity contribution in [1.82, 2.24) is 9.55 Å². The number of benzene rings is 2. The van der Waals surface area contributed by atoms with Crippen LogP contribution in [0.15, 0.2) is 52.4 Å². The van der Waals surface area contributed by atoms with Crippen LogP contribution < -0.4 is 20.3 Å². The van der Waals surface area contributed by atoms with Crippen molar-refractivity contribution in [2.45, 2.75) is 36.2 Å². The van der Waals surface area contributed by atoms with Crippen LogP contribution in [0.5, 0.6) is 11.5 Å². The molecule has 0 bridgehead atoms. The molecule has 1 amide bonds. The summed E-state index contributed by atoms with van der Waals surface area (Å²) < 4.78 is 12.3. The summed E-state index contributed by atoms with van der Waals surface area (Å²) >= 11 is 1.30. The molecule has 0 saturated heterocycles. The first kappa shape index (κ1) is 20.3. The van der Waals surface area contributed by atoms with E-state index in [-0.39, 0.29) is 17.5 Å². The Morgan fingerprint density at radius 3 is 2.60 bits per heavy atom. The van der Waals surface area contributed by atoms with E-state index in [0.717, 1.165) is 12.8 Å². The molecular weight excluding hydrogens is 402 g/mol. The molecule has 1 aromatic heterocycles. The average molecular weight is 426 g/mol. The fourth-order valence-electron chi connectivity index (χ4n) is 3.23. The molecule has 8 heteroatoms. The molecule has 1 aliphatic carbocycles. The van der Waals surface area contributed by atoms with Crippen molar-refractivity contribution >= 4 is 34.3 Å². The second-order valence-corrected chi connectivity index (χ2v) is 8.44. The zero-order valence-electron chi connectivity index (χ0n) is 17.0. The van der Waals surface area contributed by atoms with Crippen LogP contribution in [0.3, 0.4) is 0 Å². The second kappa shape index (κ2) is 8.39. The third kappa shape index (κ3) is 4.00. The number of methoxy groups -OCH3 is 2. The first-order valence-electron chi connectivity index (χ1n) is 9.72. The summed E-state index contributed by atoms with van der Waals surface area (Å²) in [5, 5.41) is 3.63. The summed E-state index contributed by atoms with van der Waals surface area (Å²) in [5.41, 5.74) is 1.21. The number of nitrogens with zero attached hydrogens (tertiary/aromatic N) is 2. The lowest BCUT2D eigenvalue weighted by Gasteiger charge is -2.16. The highest BCUT2D eigenvalue weighted by Crippen LogP contribution is 2.38. The first-order chi connectivity index (χ1) is 14.5. The number of amides is 1. The molecule has 2 aromatic carbocycles. The predicted molar refractivity (Wildman–Crippen MR) is 118 cm³/mol. The summed E-state index contributed by atoms with van der Waals surface area (Å²) in [4.78, 5) is 30.5. The van der Waals surface area contributed by atoms with Gasteiger partial charge in [0, 0.05) is 17.8 Å². The fourth-order valence-corrected chi connectivity index (χ4v) is 4.21. The highest BCUT2D eigenvalue weighted by Gasteiger charge is 2.30. The van der Waals surface area contributed by atoms with E-state index in [1.165, 1.54) is 11.8 Å².